The molecule has 11 heavy (non-hydrogen) atoms. The molecule has 0 bridgehead atoms. The molecule has 0 atom stereocenters. The van der Waals surface area contributed by atoms with Gasteiger partial charge in [-0.3, -0.25) is 10.2 Å². The Labute approximate surface area is 65.2 Å². The van der Waals surface area contributed by atoms with Gasteiger partial charge in [0.05, 0.1) is 0 Å². The fraction of sp³-hybridized carbons (Fsp3) is 0.429. The predicted molar refractivity (Wildman–Crippen MR) is 42.2 cm³/mol. The zero-order valence-electron chi connectivity index (χ0n) is 6.40. The Kier molecular flexibility index (Phi) is 2.25. The molecule has 0 spiro atoms. The lowest BCUT2D eigenvalue weighted by atomic mass is 10.1. The quantitative estimate of drug-likeness (QED) is 0.495. The minimum Gasteiger partial charge on any atom is -0.394 e. The van der Waals surface area contributed by atoms with E-state index in [-0.39, 0.29) is 11.7 Å². The lowest BCUT2D eigenvalue weighted by Gasteiger charge is -2.15. The SMILES string of the molecule is CN/C=C1/CCC(=O)NC1=N. The van der Waals surface area contributed by atoms with Crippen molar-refractivity contribution >= 4 is 11.7 Å². The highest BCUT2D eigenvalue weighted by atomic mass is 16.1. The fourth-order valence-electron chi connectivity index (χ4n) is 0.974. The molecule has 4 heteroatoms. The summed E-state index contributed by atoms with van der Waals surface area (Å²) in [6.45, 7) is 0. The van der Waals surface area contributed by atoms with Gasteiger partial charge in [-0.2, -0.15) is 0 Å². The Hall–Kier alpha value is -1.32. The summed E-state index contributed by atoms with van der Waals surface area (Å²) in [7, 11) is 1.77. The van der Waals surface area contributed by atoms with Crippen molar-refractivity contribution in [3.05, 3.63) is 11.8 Å². The lowest BCUT2D eigenvalue weighted by Crippen LogP contribution is -2.35. The number of piperidine rings is 1. The summed E-state index contributed by atoms with van der Waals surface area (Å²) in [4.78, 5) is 10.7. The summed E-state index contributed by atoms with van der Waals surface area (Å²) in [6.07, 6.45) is 2.88. The van der Waals surface area contributed by atoms with Gasteiger partial charge in [-0.25, -0.2) is 0 Å². The Morgan fingerprint density at radius 1 is 1.64 bits per heavy atom. The van der Waals surface area contributed by atoms with Crippen molar-refractivity contribution in [2.24, 2.45) is 0 Å². The number of hydrogen-bond donors (Lipinski definition) is 3. The van der Waals surface area contributed by atoms with E-state index in [4.69, 9.17) is 5.41 Å². The van der Waals surface area contributed by atoms with Crippen molar-refractivity contribution in [1.29, 1.82) is 5.41 Å². The van der Waals surface area contributed by atoms with Gasteiger partial charge in [0, 0.05) is 25.2 Å². The predicted octanol–water partition coefficient (Wildman–Crippen LogP) is -0.0230. The van der Waals surface area contributed by atoms with Gasteiger partial charge < -0.3 is 10.6 Å². The third-order valence-corrected chi connectivity index (χ3v) is 1.53. The first kappa shape index (κ1) is 7.78. The molecule has 1 heterocycles. The van der Waals surface area contributed by atoms with Gasteiger partial charge >= 0.3 is 0 Å². The molecule has 0 aromatic heterocycles. The average molecular weight is 153 g/mol. The number of carbonyl (C=O) groups excluding carboxylic acids is 1. The van der Waals surface area contributed by atoms with Crippen molar-refractivity contribution in [1.82, 2.24) is 10.6 Å². The molecule has 0 aromatic carbocycles. The molecule has 0 aliphatic carbocycles. The van der Waals surface area contributed by atoms with E-state index in [1.165, 1.54) is 0 Å². The maximum atomic E-state index is 10.7. The maximum Gasteiger partial charge on any atom is 0.225 e. The molecule has 1 fully saturated rings. The van der Waals surface area contributed by atoms with E-state index >= 15 is 0 Å². The van der Waals surface area contributed by atoms with Gasteiger partial charge in [0.1, 0.15) is 5.84 Å². The van der Waals surface area contributed by atoms with Crippen LogP contribution >= 0.6 is 0 Å². The third kappa shape index (κ3) is 1.80. The molecule has 4 nitrogen and oxygen atoms in total. The molecule has 1 aliphatic rings. The van der Waals surface area contributed by atoms with E-state index in [0.29, 0.717) is 12.8 Å². The molecule has 0 radical (unpaired) electrons. The zero-order valence-corrected chi connectivity index (χ0v) is 6.40. The monoisotopic (exact) mass is 153 g/mol. The Balaban J connectivity index is 2.65. The van der Waals surface area contributed by atoms with Gasteiger partial charge in [-0.05, 0) is 6.42 Å². The average Bonchev–Trinajstić information content (AvgIpc) is 1.95. The summed E-state index contributed by atoms with van der Waals surface area (Å²) in [5.74, 6) is 0.152. The van der Waals surface area contributed by atoms with Crippen LogP contribution in [0.3, 0.4) is 0 Å². The van der Waals surface area contributed by atoms with Gasteiger partial charge in [-0.1, -0.05) is 0 Å². The van der Waals surface area contributed by atoms with Gasteiger partial charge in [0.2, 0.25) is 5.91 Å². The summed E-state index contributed by atoms with van der Waals surface area (Å²) in [5, 5.41) is 12.6. The normalized spacial score (nSPS) is 21.7. The fourth-order valence-corrected chi connectivity index (χ4v) is 0.974. The van der Waals surface area contributed by atoms with E-state index in [9.17, 15) is 4.79 Å². The van der Waals surface area contributed by atoms with Gasteiger partial charge in [-0.15, -0.1) is 0 Å². The Morgan fingerprint density at radius 3 is 2.91 bits per heavy atom. The van der Waals surface area contributed by atoms with Crippen molar-refractivity contribution in [2.45, 2.75) is 12.8 Å². The van der Waals surface area contributed by atoms with Crippen molar-refractivity contribution < 1.29 is 4.79 Å². The zero-order chi connectivity index (χ0) is 8.27. The van der Waals surface area contributed by atoms with Crippen LogP contribution in [0.15, 0.2) is 11.8 Å². The number of nitrogens with one attached hydrogen (secondary N) is 3. The van der Waals surface area contributed by atoms with Crippen LogP contribution in [0.4, 0.5) is 0 Å². The standard InChI is InChI=1S/C7H11N3O/c1-9-4-5-2-3-6(11)10-7(5)8/h4,9H,2-3H2,1H3,(H2,8,10,11)/b5-4-. The molecular weight excluding hydrogens is 142 g/mol. The number of rotatable bonds is 1. The molecule has 1 rings (SSSR count). The van der Waals surface area contributed by atoms with E-state index in [1.54, 1.807) is 13.2 Å². The summed E-state index contributed by atoms with van der Waals surface area (Å²) >= 11 is 0. The minimum atomic E-state index is -0.0664. The minimum absolute atomic E-state index is 0.0664. The van der Waals surface area contributed by atoms with Crippen LogP contribution in [0, 0.1) is 5.41 Å². The first-order valence-electron chi connectivity index (χ1n) is 3.49. The molecule has 3 N–H and O–H groups in total. The van der Waals surface area contributed by atoms with Crippen LogP contribution in [-0.2, 0) is 4.79 Å². The number of hydrogen-bond acceptors (Lipinski definition) is 3. The highest BCUT2D eigenvalue weighted by Crippen LogP contribution is 2.09. The van der Waals surface area contributed by atoms with Crippen molar-refractivity contribution in [3.8, 4) is 0 Å². The number of amidine groups is 1. The number of amides is 1. The van der Waals surface area contributed by atoms with Crippen LogP contribution in [0.5, 0.6) is 0 Å². The molecule has 1 amide bonds. The van der Waals surface area contributed by atoms with Crippen LogP contribution < -0.4 is 10.6 Å². The Bertz CT molecular complexity index is 220. The lowest BCUT2D eigenvalue weighted by molar-refractivity contribution is -0.119. The first-order valence-corrected chi connectivity index (χ1v) is 3.49. The van der Waals surface area contributed by atoms with Crippen molar-refractivity contribution in [2.75, 3.05) is 7.05 Å². The molecular formula is C7H11N3O. The summed E-state index contributed by atoms with van der Waals surface area (Å²) in [5.41, 5.74) is 0.854. The van der Waals surface area contributed by atoms with E-state index in [0.717, 1.165) is 5.57 Å². The summed E-state index contributed by atoms with van der Waals surface area (Å²) in [6, 6.07) is 0. The smallest absolute Gasteiger partial charge is 0.225 e. The highest BCUT2D eigenvalue weighted by molar-refractivity contribution is 6.08. The van der Waals surface area contributed by atoms with E-state index in [2.05, 4.69) is 10.6 Å². The first-order chi connectivity index (χ1) is 5.24. The van der Waals surface area contributed by atoms with Gasteiger partial charge in [0.25, 0.3) is 0 Å². The largest absolute Gasteiger partial charge is 0.394 e. The Morgan fingerprint density at radius 2 is 2.36 bits per heavy atom. The summed E-state index contributed by atoms with van der Waals surface area (Å²) < 4.78 is 0. The van der Waals surface area contributed by atoms with Crippen LogP contribution in [0.1, 0.15) is 12.8 Å². The third-order valence-electron chi connectivity index (χ3n) is 1.53. The molecule has 1 saturated heterocycles. The second-order valence-corrected chi connectivity index (χ2v) is 2.38. The van der Waals surface area contributed by atoms with Crippen LogP contribution in [-0.4, -0.2) is 18.8 Å². The molecule has 0 unspecified atom stereocenters. The van der Waals surface area contributed by atoms with Crippen LogP contribution in [0.2, 0.25) is 0 Å². The molecule has 0 aromatic rings. The highest BCUT2D eigenvalue weighted by Gasteiger charge is 2.16. The number of carbonyl (C=O) groups is 1. The van der Waals surface area contributed by atoms with Crippen molar-refractivity contribution in [3.63, 3.8) is 0 Å². The van der Waals surface area contributed by atoms with Crippen LogP contribution in [0.25, 0.3) is 0 Å². The maximum absolute atomic E-state index is 10.7. The topological polar surface area (TPSA) is 65.0 Å². The molecule has 1 aliphatic heterocycles. The van der Waals surface area contributed by atoms with E-state index < -0.39 is 0 Å². The van der Waals surface area contributed by atoms with E-state index in [1.807, 2.05) is 0 Å². The molecule has 60 valence electrons. The molecule has 0 saturated carbocycles. The second-order valence-electron chi connectivity index (χ2n) is 2.38. The van der Waals surface area contributed by atoms with Gasteiger partial charge in [0.15, 0.2) is 0 Å². The second kappa shape index (κ2) is 3.18.